The molecule has 0 spiro atoms. The summed E-state index contributed by atoms with van der Waals surface area (Å²) in [6.45, 7) is 6.43. The zero-order valence-corrected chi connectivity index (χ0v) is 18.8. The maximum Gasteiger partial charge on any atom is 0.162 e. The molecule has 0 aliphatic rings. The summed E-state index contributed by atoms with van der Waals surface area (Å²) in [7, 11) is 0. The van der Waals surface area contributed by atoms with Gasteiger partial charge in [-0.3, -0.25) is 4.98 Å². The molecule has 3 heterocycles. The lowest BCUT2D eigenvalue weighted by atomic mass is 10.1. The average molecular weight is 440 g/mol. The van der Waals surface area contributed by atoms with E-state index in [1.54, 1.807) is 23.7 Å². The molecule has 4 rings (SSSR count). The Morgan fingerprint density at radius 2 is 1.94 bits per heavy atom. The van der Waals surface area contributed by atoms with Crippen LogP contribution in [0.5, 0.6) is 0 Å². The second-order valence-corrected chi connectivity index (χ2v) is 8.46. The molecule has 0 bridgehead atoms. The molecule has 32 heavy (non-hydrogen) atoms. The van der Waals surface area contributed by atoms with Crippen molar-refractivity contribution < 1.29 is 0 Å². The molecule has 0 fully saturated rings. The van der Waals surface area contributed by atoms with Gasteiger partial charge in [-0.2, -0.15) is 0 Å². The second kappa shape index (κ2) is 10.2. The Morgan fingerprint density at radius 3 is 2.69 bits per heavy atom. The average Bonchev–Trinajstić information content (AvgIpc) is 3.25. The molecule has 3 N–H and O–H groups in total. The maximum absolute atomic E-state index is 6.41. The summed E-state index contributed by atoms with van der Waals surface area (Å²) in [5, 5.41) is 5.50. The molecule has 0 aliphatic carbocycles. The molecule has 0 amide bonds. The standard InChI is InChI=1S/C26H25N5S/c1-3-18(2)9-10-21-17-32-24-23(21)30-25(20-11-13-28-14-12-20)31-26(24)29-16-22(27)15-19-7-5-4-6-8-19/h3-8,11-14,17-18,22H,1,15-16,27H2,2H3,(H,29,30,31). The predicted octanol–water partition coefficient (Wildman–Crippen LogP) is 4.91. The van der Waals surface area contributed by atoms with Crippen LogP contribution >= 0.6 is 11.3 Å². The van der Waals surface area contributed by atoms with Crippen molar-refractivity contribution in [3.63, 3.8) is 0 Å². The zero-order valence-electron chi connectivity index (χ0n) is 18.0. The molecular weight excluding hydrogens is 414 g/mol. The van der Waals surface area contributed by atoms with Crippen LogP contribution in [0.4, 0.5) is 5.82 Å². The minimum absolute atomic E-state index is 0.0422. The number of benzene rings is 1. The van der Waals surface area contributed by atoms with Crippen molar-refractivity contribution in [1.82, 2.24) is 15.0 Å². The number of hydrogen-bond acceptors (Lipinski definition) is 6. The Bertz CT molecular complexity index is 1260. The second-order valence-electron chi connectivity index (χ2n) is 7.58. The molecule has 2 atom stereocenters. The van der Waals surface area contributed by atoms with Crippen molar-refractivity contribution in [2.24, 2.45) is 11.7 Å². The van der Waals surface area contributed by atoms with Crippen LogP contribution in [0.15, 0.2) is 72.9 Å². The number of nitrogens with two attached hydrogens (primary N) is 1. The number of rotatable bonds is 7. The number of allylic oxidation sites excluding steroid dienone is 1. The first-order valence-corrected chi connectivity index (χ1v) is 11.4. The highest BCUT2D eigenvalue weighted by molar-refractivity contribution is 7.18. The van der Waals surface area contributed by atoms with Gasteiger partial charge in [-0.15, -0.1) is 17.9 Å². The quantitative estimate of drug-likeness (QED) is 0.316. The Morgan fingerprint density at radius 1 is 1.16 bits per heavy atom. The zero-order chi connectivity index (χ0) is 22.3. The van der Waals surface area contributed by atoms with E-state index in [9.17, 15) is 0 Å². The highest BCUT2D eigenvalue weighted by Crippen LogP contribution is 2.32. The molecule has 0 saturated carbocycles. The third-order valence-corrected chi connectivity index (χ3v) is 5.99. The molecule has 1 aromatic carbocycles. The number of aromatic nitrogens is 3. The number of pyridine rings is 1. The minimum atomic E-state index is -0.0422. The van der Waals surface area contributed by atoms with Gasteiger partial charge < -0.3 is 11.1 Å². The molecule has 0 saturated heterocycles. The van der Waals surface area contributed by atoms with Gasteiger partial charge in [0.1, 0.15) is 11.3 Å². The fraction of sp³-hybridized carbons (Fsp3) is 0.192. The van der Waals surface area contributed by atoms with E-state index >= 15 is 0 Å². The molecular formula is C26H25N5S. The first kappa shape index (κ1) is 21.7. The first-order valence-electron chi connectivity index (χ1n) is 10.5. The minimum Gasteiger partial charge on any atom is -0.367 e. The van der Waals surface area contributed by atoms with Gasteiger partial charge in [0.25, 0.3) is 0 Å². The van der Waals surface area contributed by atoms with E-state index in [-0.39, 0.29) is 12.0 Å². The lowest BCUT2D eigenvalue weighted by Crippen LogP contribution is -2.31. The third-order valence-electron chi connectivity index (χ3n) is 5.01. The third kappa shape index (κ3) is 5.20. The summed E-state index contributed by atoms with van der Waals surface area (Å²) in [5.41, 5.74) is 10.3. The van der Waals surface area contributed by atoms with Gasteiger partial charge in [-0.1, -0.05) is 48.2 Å². The molecule has 5 nitrogen and oxygen atoms in total. The number of thiophene rings is 1. The number of anilines is 1. The Kier molecular flexibility index (Phi) is 6.90. The van der Waals surface area contributed by atoms with Crippen molar-refractivity contribution in [3.8, 4) is 23.2 Å². The summed E-state index contributed by atoms with van der Waals surface area (Å²) >= 11 is 1.59. The molecule has 2 unspecified atom stereocenters. The summed E-state index contributed by atoms with van der Waals surface area (Å²) < 4.78 is 0.977. The highest BCUT2D eigenvalue weighted by atomic mass is 32.1. The van der Waals surface area contributed by atoms with Crippen LogP contribution in [0.25, 0.3) is 21.6 Å². The Hall–Kier alpha value is -3.53. The molecule has 0 aliphatic heterocycles. The summed E-state index contributed by atoms with van der Waals surface area (Å²) in [5.74, 6) is 7.99. The van der Waals surface area contributed by atoms with E-state index in [1.807, 2.05) is 48.7 Å². The summed E-state index contributed by atoms with van der Waals surface area (Å²) in [4.78, 5) is 13.8. The molecule has 0 radical (unpaired) electrons. The highest BCUT2D eigenvalue weighted by Gasteiger charge is 2.15. The van der Waals surface area contributed by atoms with Gasteiger partial charge in [-0.25, -0.2) is 9.97 Å². The molecule has 160 valence electrons. The van der Waals surface area contributed by atoms with Crippen LogP contribution in [0.2, 0.25) is 0 Å². The van der Waals surface area contributed by atoms with Crippen molar-refractivity contribution in [3.05, 3.63) is 84.0 Å². The van der Waals surface area contributed by atoms with Gasteiger partial charge in [0.05, 0.1) is 10.3 Å². The van der Waals surface area contributed by atoms with Gasteiger partial charge in [0.2, 0.25) is 0 Å². The van der Waals surface area contributed by atoms with Gasteiger partial charge >= 0.3 is 0 Å². The predicted molar refractivity (Wildman–Crippen MR) is 133 cm³/mol. The van der Waals surface area contributed by atoms with Crippen LogP contribution in [0.1, 0.15) is 18.1 Å². The van der Waals surface area contributed by atoms with E-state index in [1.165, 1.54) is 5.56 Å². The molecule has 6 heteroatoms. The number of nitrogens with zero attached hydrogens (tertiary/aromatic N) is 3. The number of hydrogen-bond donors (Lipinski definition) is 2. The maximum atomic E-state index is 6.41. The van der Waals surface area contributed by atoms with E-state index in [0.717, 1.165) is 33.6 Å². The monoisotopic (exact) mass is 439 g/mol. The van der Waals surface area contributed by atoms with Crippen molar-refractivity contribution in [2.75, 3.05) is 11.9 Å². The normalized spacial score (nSPS) is 12.6. The molecule has 4 aromatic rings. The fourth-order valence-electron chi connectivity index (χ4n) is 3.22. The van der Waals surface area contributed by atoms with Crippen LogP contribution in [-0.4, -0.2) is 27.5 Å². The Balaban J connectivity index is 1.66. The van der Waals surface area contributed by atoms with Crippen molar-refractivity contribution in [1.29, 1.82) is 0 Å². The van der Waals surface area contributed by atoms with Gasteiger partial charge in [0, 0.05) is 41.8 Å². The SMILES string of the molecule is C=CC(C)C#Cc1csc2c(NCC(N)Cc3ccccc3)nc(-c3ccncc3)nc12. The van der Waals surface area contributed by atoms with Crippen LogP contribution < -0.4 is 11.1 Å². The van der Waals surface area contributed by atoms with Crippen LogP contribution in [0.3, 0.4) is 0 Å². The van der Waals surface area contributed by atoms with E-state index in [2.05, 4.69) is 40.9 Å². The number of nitrogens with one attached hydrogen (secondary N) is 1. The summed E-state index contributed by atoms with van der Waals surface area (Å²) in [6.07, 6.45) is 6.11. The largest absolute Gasteiger partial charge is 0.367 e. The van der Waals surface area contributed by atoms with Gasteiger partial charge in [0.15, 0.2) is 5.82 Å². The van der Waals surface area contributed by atoms with Crippen LogP contribution in [-0.2, 0) is 6.42 Å². The molecule has 3 aromatic heterocycles. The summed E-state index contributed by atoms with van der Waals surface area (Å²) in [6, 6.07) is 14.0. The van der Waals surface area contributed by atoms with Crippen LogP contribution in [0, 0.1) is 17.8 Å². The lowest BCUT2D eigenvalue weighted by molar-refractivity contribution is 0.698. The Labute approximate surface area is 192 Å². The van der Waals surface area contributed by atoms with E-state index in [4.69, 9.17) is 15.7 Å². The van der Waals surface area contributed by atoms with E-state index in [0.29, 0.717) is 12.4 Å². The fourth-order valence-corrected chi connectivity index (χ4v) is 4.13. The first-order chi connectivity index (χ1) is 15.6. The lowest BCUT2D eigenvalue weighted by Gasteiger charge is -2.14. The topological polar surface area (TPSA) is 76.7 Å². The number of fused-ring (bicyclic) bond motifs is 1. The smallest absolute Gasteiger partial charge is 0.162 e. The van der Waals surface area contributed by atoms with Crippen molar-refractivity contribution in [2.45, 2.75) is 19.4 Å². The van der Waals surface area contributed by atoms with Crippen molar-refractivity contribution >= 4 is 27.4 Å². The van der Waals surface area contributed by atoms with Gasteiger partial charge in [-0.05, 0) is 31.0 Å². The van der Waals surface area contributed by atoms with E-state index < -0.39 is 0 Å².